The summed E-state index contributed by atoms with van der Waals surface area (Å²) < 4.78 is 13.7. The lowest BCUT2D eigenvalue weighted by atomic mass is 9.91. The Labute approximate surface area is 148 Å². The van der Waals surface area contributed by atoms with Gasteiger partial charge in [0, 0.05) is 30.4 Å². The first-order chi connectivity index (χ1) is 11.9. The summed E-state index contributed by atoms with van der Waals surface area (Å²) in [6.07, 6.45) is 6.01. The van der Waals surface area contributed by atoms with Crippen molar-refractivity contribution in [1.82, 2.24) is 25.1 Å². The van der Waals surface area contributed by atoms with Crippen LogP contribution in [0.15, 0.2) is 18.6 Å². The van der Waals surface area contributed by atoms with Crippen molar-refractivity contribution in [2.45, 2.75) is 25.3 Å². The topological polar surface area (TPSA) is 96.6 Å². The summed E-state index contributed by atoms with van der Waals surface area (Å²) in [6.45, 7) is 3.72. The highest BCUT2D eigenvalue weighted by Gasteiger charge is 2.27. The van der Waals surface area contributed by atoms with E-state index in [-0.39, 0.29) is 10.6 Å². The summed E-state index contributed by atoms with van der Waals surface area (Å²) in [7, 11) is 0. The first-order valence-corrected chi connectivity index (χ1v) is 8.37. The summed E-state index contributed by atoms with van der Waals surface area (Å²) in [5, 5.41) is 7.01. The van der Waals surface area contributed by atoms with E-state index in [1.54, 1.807) is 6.20 Å². The van der Waals surface area contributed by atoms with Gasteiger partial charge in [-0.3, -0.25) is 10.1 Å². The maximum atomic E-state index is 13.7. The lowest BCUT2D eigenvalue weighted by molar-refractivity contribution is 0.363. The van der Waals surface area contributed by atoms with Gasteiger partial charge in [0.05, 0.1) is 17.4 Å². The number of hydrogen-bond donors (Lipinski definition) is 2. The van der Waals surface area contributed by atoms with Crippen molar-refractivity contribution in [3.63, 3.8) is 0 Å². The molecule has 3 aromatic rings. The Morgan fingerprint density at radius 1 is 1.28 bits per heavy atom. The molecule has 1 saturated heterocycles. The predicted octanol–water partition coefficient (Wildman–Crippen LogP) is 2.53. The van der Waals surface area contributed by atoms with E-state index in [0.717, 1.165) is 37.9 Å². The first-order valence-electron chi connectivity index (χ1n) is 7.99. The SMILES string of the molecule is CC1(N)CCN(c2cnc3c(-c4cncc(F)c4Cl)n[nH]c3n2)CC1. The van der Waals surface area contributed by atoms with Crippen LogP contribution in [-0.4, -0.2) is 43.8 Å². The zero-order valence-electron chi connectivity index (χ0n) is 13.6. The van der Waals surface area contributed by atoms with Crippen molar-refractivity contribution in [3.05, 3.63) is 29.4 Å². The zero-order chi connectivity index (χ0) is 17.6. The number of halogens is 2. The number of piperidine rings is 1. The molecule has 1 aliphatic heterocycles. The Morgan fingerprint density at radius 2 is 2.04 bits per heavy atom. The number of hydrogen-bond acceptors (Lipinski definition) is 6. The number of rotatable bonds is 2. The van der Waals surface area contributed by atoms with E-state index in [9.17, 15) is 4.39 Å². The molecule has 0 saturated carbocycles. The number of anilines is 1. The average Bonchev–Trinajstić information content (AvgIpc) is 3.00. The Balaban J connectivity index is 1.69. The fourth-order valence-electron chi connectivity index (χ4n) is 2.96. The fraction of sp³-hybridized carbons (Fsp3) is 0.375. The molecule has 0 atom stereocenters. The molecule has 130 valence electrons. The van der Waals surface area contributed by atoms with E-state index in [1.165, 1.54) is 6.20 Å². The van der Waals surface area contributed by atoms with Gasteiger partial charge in [-0.25, -0.2) is 14.4 Å². The lowest BCUT2D eigenvalue weighted by Gasteiger charge is -2.37. The molecule has 0 amide bonds. The highest BCUT2D eigenvalue weighted by molar-refractivity contribution is 6.33. The van der Waals surface area contributed by atoms with Gasteiger partial charge < -0.3 is 10.6 Å². The third-order valence-electron chi connectivity index (χ3n) is 4.58. The Morgan fingerprint density at radius 3 is 2.80 bits per heavy atom. The van der Waals surface area contributed by atoms with Crippen LogP contribution in [0.3, 0.4) is 0 Å². The molecule has 4 heterocycles. The maximum Gasteiger partial charge on any atom is 0.177 e. The molecule has 1 fully saturated rings. The third-order valence-corrected chi connectivity index (χ3v) is 4.96. The third kappa shape index (κ3) is 2.91. The van der Waals surface area contributed by atoms with Crippen molar-refractivity contribution in [2.24, 2.45) is 5.73 Å². The smallest absolute Gasteiger partial charge is 0.177 e. The van der Waals surface area contributed by atoms with Gasteiger partial charge in [-0.1, -0.05) is 11.6 Å². The molecular weight excluding hydrogens is 345 g/mol. The van der Waals surface area contributed by atoms with Gasteiger partial charge in [-0.05, 0) is 19.8 Å². The van der Waals surface area contributed by atoms with Crippen LogP contribution in [0.1, 0.15) is 19.8 Å². The summed E-state index contributed by atoms with van der Waals surface area (Å²) in [5.74, 6) is 0.166. The Hall–Kier alpha value is -2.32. The summed E-state index contributed by atoms with van der Waals surface area (Å²) in [6, 6.07) is 0. The van der Waals surface area contributed by atoms with Crippen LogP contribution in [0, 0.1) is 5.82 Å². The average molecular weight is 362 g/mol. The van der Waals surface area contributed by atoms with E-state index in [2.05, 4.69) is 37.0 Å². The van der Waals surface area contributed by atoms with Crippen LogP contribution in [-0.2, 0) is 0 Å². The lowest BCUT2D eigenvalue weighted by Crippen LogP contribution is -2.48. The van der Waals surface area contributed by atoms with Gasteiger partial charge in [-0.2, -0.15) is 5.10 Å². The number of nitrogens with zero attached hydrogens (tertiary/aromatic N) is 5. The number of pyridine rings is 1. The minimum Gasteiger partial charge on any atom is -0.355 e. The monoisotopic (exact) mass is 361 g/mol. The molecule has 0 aromatic carbocycles. The van der Waals surface area contributed by atoms with E-state index in [0.29, 0.717) is 22.4 Å². The molecule has 1 aliphatic rings. The molecule has 3 N–H and O–H groups in total. The number of aromatic amines is 1. The van der Waals surface area contributed by atoms with Gasteiger partial charge in [0.1, 0.15) is 17.0 Å². The molecule has 3 aromatic heterocycles. The van der Waals surface area contributed by atoms with Crippen LogP contribution in [0.25, 0.3) is 22.4 Å². The van der Waals surface area contributed by atoms with Gasteiger partial charge in [0.2, 0.25) is 0 Å². The summed E-state index contributed by atoms with van der Waals surface area (Å²) in [4.78, 5) is 15.0. The Kier molecular flexibility index (Phi) is 3.81. The number of nitrogens with one attached hydrogen (secondary N) is 1. The number of fused-ring (bicyclic) bond motifs is 1. The van der Waals surface area contributed by atoms with Gasteiger partial charge in [0.25, 0.3) is 0 Å². The van der Waals surface area contributed by atoms with Crippen molar-refractivity contribution >= 4 is 28.6 Å². The molecule has 0 aliphatic carbocycles. The van der Waals surface area contributed by atoms with Crippen molar-refractivity contribution in [2.75, 3.05) is 18.0 Å². The van der Waals surface area contributed by atoms with Crippen molar-refractivity contribution < 1.29 is 4.39 Å². The van der Waals surface area contributed by atoms with E-state index in [1.807, 2.05) is 0 Å². The summed E-state index contributed by atoms with van der Waals surface area (Å²) >= 11 is 6.03. The fourth-order valence-corrected chi connectivity index (χ4v) is 3.15. The van der Waals surface area contributed by atoms with E-state index >= 15 is 0 Å². The van der Waals surface area contributed by atoms with Gasteiger partial charge in [0.15, 0.2) is 11.5 Å². The standard InChI is InChI=1S/C16H17ClFN7/c1-16(19)2-4-25(5-3-16)11-8-21-14-13(23-24-15(14)22-11)9-6-20-7-10(18)12(9)17/h6-8H,2-5,19H2,1H3,(H,22,23,24). The predicted molar refractivity (Wildman–Crippen MR) is 93.9 cm³/mol. The van der Waals surface area contributed by atoms with Crippen molar-refractivity contribution in [3.8, 4) is 11.3 Å². The number of H-pyrrole nitrogens is 1. The van der Waals surface area contributed by atoms with Crippen molar-refractivity contribution in [1.29, 1.82) is 0 Å². The number of aromatic nitrogens is 5. The van der Waals surface area contributed by atoms with Crippen LogP contribution >= 0.6 is 11.6 Å². The van der Waals surface area contributed by atoms with Crippen LogP contribution in [0.5, 0.6) is 0 Å². The molecular formula is C16H17ClFN7. The van der Waals surface area contributed by atoms with Crippen LogP contribution < -0.4 is 10.6 Å². The molecule has 25 heavy (non-hydrogen) atoms. The van der Waals surface area contributed by atoms with E-state index < -0.39 is 5.82 Å². The normalized spacial score (nSPS) is 17.2. The minimum atomic E-state index is -0.599. The van der Waals surface area contributed by atoms with Crippen LogP contribution in [0.4, 0.5) is 10.2 Å². The minimum absolute atomic E-state index is 0.0347. The molecule has 0 radical (unpaired) electrons. The molecule has 4 rings (SSSR count). The molecule has 0 bridgehead atoms. The Bertz CT molecular complexity index is 929. The largest absolute Gasteiger partial charge is 0.355 e. The summed E-state index contributed by atoms with van der Waals surface area (Å²) in [5.41, 5.74) is 7.91. The number of nitrogens with two attached hydrogens (primary N) is 1. The van der Waals surface area contributed by atoms with Gasteiger partial charge >= 0.3 is 0 Å². The maximum absolute atomic E-state index is 13.7. The highest BCUT2D eigenvalue weighted by Crippen LogP contribution is 2.32. The quantitative estimate of drug-likeness (QED) is 0.728. The zero-order valence-corrected chi connectivity index (χ0v) is 14.4. The second kappa shape index (κ2) is 5.89. The van der Waals surface area contributed by atoms with Gasteiger partial charge in [-0.15, -0.1) is 0 Å². The molecule has 0 unspecified atom stereocenters. The molecule has 7 nitrogen and oxygen atoms in total. The van der Waals surface area contributed by atoms with E-state index in [4.69, 9.17) is 17.3 Å². The first kappa shape index (κ1) is 16.2. The highest BCUT2D eigenvalue weighted by atomic mass is 35.5. The second-order valence-corrected chi connectivity index (χ2v) is 7.00. The molecule has 0 spiro atoms. The van der Waals surface area contributed by atoms with Crippen LogP contribution in [0.2, 0.25) is 5.02 Å². The second-order valence-electron chi connectivity index (χ2n) is 6.62. The molecule has 9 heteroatoms.